The van der Waals surface area contributed by atoms with E-state index in [4.69, 9.17) is 0 Å². The number of nitrogens with one attached hydrogen (secondary N) is 2. The van der Waals surface area contributed by atoms with Crippen molar-refractivity contribution in [2.45, 2.75) is 19.6 Å². The van der Waals surface area contributed by atoms with Gasteiger partial charge in [-0.05, 0) is 6.92 Å². The van der Waals surface area contributed by atoms with Crippen LogP contribution in [0.5, 0.6) is 0 Å². The molecule has 0 aliphatic carbocycles. The molecule has 2 rings (SSSR count). The van der Waals surface area contributed by atoms with E-state index in [1.54, 1.807) is 6.20 Å². The largest absolute Gasteiger partial charge is 0.445 e. The van der Waals surface area contributed by atoms with Gasteiger partial charge in [0.25, 0.3) is 0 Å². The summed E-state index contributed by atoms with van der Waals surface area (Å²) in [6.07, 6.45) is -2.84. The monoisotopic (exact) mass is 263 g/mol. The summed E-state index contributed by atoms with van der Waals surface area (Å²) in [4.78, 5) is 0. The summed E-state index contributed by atoms with van der Waals surface area (Å²) in [6.45, 7) is 2.18. The van der Waals surface area contributed by atoms with Crippen LogP contribution in [0, 0.1) is 6.92 Å². The molecule has 2 N–H and O–H groups in total. The van der Waals surface area contributed by atoms with E-state index in [1.807, 2.05) is 6.92 Å². The topological polar surface area (TPSA) is 66.5 Å². The lowest BCUT2D eigenvalue weighted by molar-refractivity contribution is -0.138. The number of aryl methyl sites for hydroxylation is 1. The summed E-state index contributed by atoms with van der Waals surface area (Å²) in [5, 5.41) is 15.0. The number of H-pyrrole nitrogens is 1. The highest BCUT2D eigenvalue weighted by molar-refractivity contribution is 7.15. The van der Waals surface area contributed by atoms with Gasteiger partial charge in [-0.15, -0.1) is 10.2 Å². The Hall–Kier alpha value is -1.64. The Morgan fingerprint density at radius 1 is 1.41 bits per heavy atom. The van der Waals surface area contributed by atoms with Gasteiger partial charge in [0, 0.05) is 17.8 Å². The second kappa shape index (κ2) is 4.32. The molecule has 2 aromatic rings. The lowest BCUT2D eigenvalue weighted by atomic mass is 10.3. The third-order valence-corrected chi connectivity index (χ3v) is 2.96. The van der Waals surface area contributed by atoms with Crippen LogP contribution >= 0.6 is 11.3 Å². The Kier molecular flexibility index (Phi) is 3.01. The van der Waals surface area contributed by atoms with E-state index in [0.717, 1.165) is 11.3 Å². The first-order valence-electron chi connectivity index (χ1n) is 4.60. The Bertz CT molecular complexity index is 503. The molecule has 92 valence electrons. The molecule has 0 aliphatic rings. The molecular formula is C8H8F3N5S. The van der Waals surface area contributed by atoms with Crippen LogP contribution < -0.4 is 5.32 Å². The number of hydrogen-bond donors (Lipinski definition) is 2. The molecule has 0 aromatic carbocycles. The van der Waals surface area contributed by atoms with Crippen LogP contribution in [0.3, 0.4) is 0 Å². The molecule has 0 spiro atoms. The van der Waals surface area contributed by atoms with Crippen molar-refractivity contribution in [3.8, 4) is 0 Å². The van der Waals surface area contributed by atoms with Crippen molar-refractivity contribution in [1.82, 2.24) is 20.4 Å². The average molecular weight is 263 g/mol. The highest BCUT2D eigenvalue weighted by Crippen LogP contribution is 2.33. The standard InChI is InChI=1S/C8H8F3N5S/c1-4-5(3-13-14-4)2-12-7-16-15-6(17-7)8(9,10)11/h3H,2H2,1H3,(H,12,16)(H,13,14). The molecule has 0 fully saturated rings. The number of aromatic amines is 1. The summed E-state index contributed by atoms with van der Waals surface area (Å²) in [7, 11) is 0. The van der Waals surface area contributed by atoms with Gasteiger partial charge in [-0.2, -0.15) is 18.3 Å². The zero-order valence-corrected chi connectivity index (χ0v) is 9.48. The number of rotatable bonds is 3. The minimum atomic E-state index is -4.44. The molecule has 0 saturated heterocycles. The van der Waals surface area contributed by atoms with Crippen molar-refractivity contribution in [1.29, 1.82) is 0 Å². The third-order valence-electron chi connectivity index (χ3n) is 2.03. The molecule has 17 heavy (non-hydrogen) atoms. The SMILES string of the molecule is Cc1[nH]ncc1CNc1nnc(C(F)(F)F)s1. The van der Waals surface area contributed by atoms with Crippen molar-refractivity contribution in [2.75, 3.05) is 5.32 Å². The summed E-state index contributed by atoms with van der Waals surface area (Å²) in [5.74, 6) is 0. The van der Waals surface area contributed by atoms with E-state index in [0.29, 0.717) is 17.9 Å². The lowest BCUT2D eigenvalue weighted by Gasteiger charge is -2.00. The summed E-state index contributed by atoms with van der Waals surface area (Å²) >= 11 is 0.479. The predicted molar refractivity (Wildman–Crippen MR) is 55.6 cm³/mol. The highest BCUT2D eigenvalue weighted by atomic mass is 32.1. The van der Waals surface area contributed by atoms with Crippen LogP contribution in [0.25, 0.3) is 0 Å². The van der Waals surface area contributed by atoms with Crippen molar-refractivity contribution in [3.05, 3.63) is 22.5 Å². The van der Waals surface area contributed by atoms with Gasteiger partial charge in [-0.25, -0.2) is 0 Å². The quantitative estimate of drug-likeness (QED) is 0.891. The first-order valence-corrected chi connectivity index (χ1v) is 5.42. The summed E-state index contributed by atoms with van der Waals surface area (Å²) < 4.78 is 36.7. The Balaban J connectivity index is 2.01. The molecule has 2 heterocycles. The fourth-order valence-corrected chi connectivity index (χ4v) is 1.74. The molecule has 0 aliphatic heterocycles. The number of anilines is 1. The number of nitrogens with zero attached hydrogens (tertiary/aromatic N) is 3. The van der Waals surface area contributed by atoms with Crippen LogP contribution in [-0.2, 0) is 12.7 Å². The molecule has 9 heteroatoms. The third kappa shape index (κ3) is 2.73. The van der Waals surface area contributed by atoms with Gasteiger partial charge in [-0.1, -0.05) is 11.3 Å². The lowest BCUT2D eigenvalue weighted by Crippen LogP contribution is -2.03. The van der Waals surface area contributed by atoms with Crippen LogP contribution in [0.2, 0.25) is 0 Å². The van der Waals surface area contributed by atoms with Crippen LogP contribution in [-0.4, -0.2) is 20.4 Å². The number of hydrogen-bond acceptors (Lipinski definition) is 5. The molecule has 2 aromatic heterocycles. The van der Waals surface area contributed by atoms with Gasteiger partial charge in [0.05, 0.1) is 6.20 Å². The number of aromatic nitrogens is 4. The van der Waals surface area contributed by atoms with Crippen molar-refractivity contribution >= 4 is 16.5 Å². The minimum Gasteiger partial charge on any atom is -0.356 e. The Labute approximate surface area is 98.1 Å². The summed E-state index contributed by atoms with van der Waals surface area (Å²) in [6, 6.07) is 0. The maximum Gasteiger partial charge on any atom is 0.445 e. The van der Waals surface area contributed by atoms with E-state index in [-0.39, 0.29) is 5.13 Å². The van der Waals surface area contributed by atoms with Gasteiger partial charge in [0.2, 0.25) is 10.1 Å². The molecule has 0 atom stereocenters. The second-order valence-corrected chi connectivity index (χ2v) is 4.26. The normalized spacial score (nSPS) is 11.8. The fraction of sp³-hybridized carbons (Fsp3) is 0.375. The zero-order chi connectivity index (χ0) is 12.5. The molecule has 0 saturated carbocycles. The smallest absolute Gasteiger partial charge is 0.356 e. The summed E-state index contributed by atoms with van der Waals surface area (Å²) in [5.41, 5.74) is 1.73. The van der Waals surface area contributed by atoms with Crippen LogP contribution in [0.1, 0.15) is 16.3 Å². The molecule has 5 nitrogen and oxygen atoms in total. The highest BCUT2D eigenvalue weighted by Gasteiger charge is 2.35. The van der Waals surface area contributed by atoms with Gasteiger partial charge in [-0.3, -0.25) is 5.10 Å². The van der Waals surface area contributed by atoms with Crippen molar-refractivity contribution in [3.63, 3.8) is 0 Å². The van der Waals surface area contributed by atoms with Crippen LogP contribution in [0.4, 0.5) is 18.3 Å². The Morgan fingerprint density at radius 2 is 2.18 bits per heavy atom. The molecule has 0 bridgehead atoms. The molecule has 0 radical (unpaired) electrons. The van der Waals surface area contributed by atoms with Crippen molar-refractivity contribution in [2.24, 2.45) is 0 Å². The zero-order valence-electron chi connectivity index (χ0n) is 8.67. The minimum absolute atomic E-state index is 0.137. The van der Waals surface area contributed by atoms with Gasteiger partial charge >= 0.3 is 6.18 Å². The van der Waals surface area contributed by atoms with E-state index in [2.05, 4.69) is 25.7 Å². The van der Waals surface area contributed by atoms with Crippen molar-refractivity contribution < 1.29 is 13.2 Å². The molecule has 0 amide bonds. The van der Waals surface area contributed by atoms with Gasteiger partial charge < -0.3 is 5.32 Å². The molecule has 0 unspecified atom stereocenters. The van der Waals surface area contributed by atoms with E-state index < -0.39 is 11.2 Å². The number of halogens is 3. The van der Waals surface area contributed by atoms with Gasteiger partial charge in [0.1, 0.15) is 0 Å². The average Bonchev–Trinajstić information content (AvgIpc) is 2.82. The second-order valence-electron chi connectivity index (χ2n) is 3.28. The first-order chi connectivity index (χ1) is 7.97. The fourth-order valence-electron chi connectivity index (χ4n) is 1.13. The van der Waals surface area contributed by atoms with E-state index in [1.165, 1.54) is 0 Å². The number of alkyl halides is 3. The maximum atomic E-state index is 12.2. The first kappa shape index (κ1) is 11.8. The maximum absolute atomic E-state index is 12.2. The van der Waals surface area contributed by atoms with Crippen LogP contribution in [0.15, 0.2) is 6.20 Å². The predicted octanol–water partition coefficient (Wildman–Crippen LogP) is 2.20. The van der Waals surface area contributed by atoms with E-state index in [9.17, 15) is 13.2 Å². The van der Waals surface area contributed by atoms with E-state index >= 15 is 0 Å². The Morgan fingerprint density at radius 3 is 2.71 bits per heavy atom. The van der Waals surface area contributed by atoms with Gasteiger partial charge in [0.15, 0.2) is 0 Å². The molecular weight excluding hydrogens is 255 g/mol.